The molecule has 2 rings (SSSR count). The summed E-state index contributed by atoms with van der Waals surface area (Å²) >= 11 is 0. The lowest BCUT2D eigenvalue weighted by Crippen LogP contribution is -2.11. The average Bonchev–Trinajstić information content (AvgIpc) is 2.74. The highest BCUT2D eigenvalue weighted by molar-refractivity contribution is 5.34. The largest absolute Gasteiger partial charge is 0.497 e. The minimum Gasteiger partial charge on any atom is -0.497 e. The third-order valence-corrected chi connectivity index (χ3v) is 2.64. The van der Waals surface area contributed by atoms with Crippen LogP contribution in [0, 0.1) is 0 Å². The highest BCUT2D eigenvalue weighted by Crippen LogP contribution is 2.23. The van der Waals surface area contributed by atoms with Gasteiger partial charge in [-0.05, 0) is 30.7 Å². The number of nitrogens with zero attached hydrogens (tertiary/aromatic N) is 2. The highest BCUT2D eigenvalue weighted by Gasteiger charge is 2.11. The third kappa shape index (κ3) is 1.86. The Hall–Kier alpha value is -1.97. The summed E-state index contributed by atoms with van der Waals surface area (Å²) in [7, 11) is 1.66. The molecular formula is C12H15N3O. The molecule has 1 aromatic heterocycles. The summed E-state index contributed by atoms with van der Waals surface area (Å²) in [6.45, 7) is 2.05. The Morgan fingerprint density at radius 2 is 2.19 bits per heavy atom. The Morgan fingerprint density at radius 1 is 1.38 bits per heavy atom. The zero-order chi connectivity index (χ0) is 11.5. The van der Waals surface area contributed by atoms with Gasteiger partial charge in [0.1, 0.15) is 11.6 Å². The van der Waals surface area contributed by atoms with Gasteiger partial charge in [-0.2, -0.15) is 5.10 Å². The summed E-state index contributed by atoms with van der Waals surface area (Å²) < 4.78 is 6.98. The maximum Gasteiger partial charge on any atom is 0.122 e. The minimum absolute atomic E-state index is 0.102. The van der Waals surface area contributed by atoms with Crippen molar-refractivity contribution in [3.05, 3.63) is 42.1 Å². The lowest BCUT2D eigenvalue weighted by Gasteiger charge is -2.15. The molecule has 0 saturated heterocycles. The molecule has 0 aliphatic heterocycles. The molecule has 0 saturated carbocycles. The van der Waals surface area contributed by atoms with E-state index in [0.717, 1.165) is 11.3 Å². The number of hydrogen-bond donors (Lipinski definition) is 1. The van der Waals surface area contributed by atoms with E-state index >= 15 is 0 Å². The second-order valence-corrected chi connectivity index (χ2v) is 3.65. The van der Waals surface area contributed by atoms with Crippen molar-refractivity contribution in [3.63, 3.8) is 0 Å². The SMILES string of the molecule is COc1cccc(C(C)n2nccc2N)c1. The summed E-state index contributed by atoms with van der Waals surface area (Å²) in [6, 6.07) is 9.80. The fraction of sp³-hybridized carbons (Fsp3) is 0.250. The lowest BCUT2D eigenvalue weighted by molar-refractivity contribution is 0.413. The van der Waals surface area contributed by atoms with Crippen LogP contribution in [0.15, 0.2) is 36.5 Å². The van der Waals surface area contributed by atoms with Crippen molar-refractivity contribution < 1.29 is 4.74 Å². The van der Waals surface area contributed by atoms with Crippen LogP contribution >= 0.6 is 0 Å². The zero-order valence-electron chi connectivity index (χ0n) is 9.42. The maximum absolute atomic E-state index is 5.82. The van der Waals surface area contributed by atoms with Gasteiger partial charge in [-0.3, -0.25) is 0 Å². The van der Waals surface area contributed by atoms with Crippen molar-refractivity contribution in [2.45, 2.75) is 13.0 Å². The van der Waals surface area contributed by atoms with E-state index in [1.165, 1.54) is 0 Å². The molecule has 1 unspecified atom stereocenters. The number of nitrogens with two attached hydrogens (primary N) is 1. The molecule has 16 heavy (non-hydrogen) atoms. The number of benzene rings is 1. The van der Waals surface area contributed by atoms with E-state index in [4.69, 9.17) is 10.5 Å². The van der Waals surface area contributed by atoms with E-state index in [1.807, 2.05) is 24.3 Å². The van der Waals surface area contributed by atoms with E-state index in [2.05, 4.69) is 12.0 Å². The summed E-state index contributed by atoms with van der Waals surface area (Å²) in [6.07, 6.45) is 1.70. The van der Waals surface area contributed by atoms with Crippen LogP contribution in [0.2, 0.25) is 0 Å². The van der Waals surface area contributed by atoms with Gasteiger partial charge in [0.15, 0.2) is 0 Å². The van der Waals surface area contributed by atoms with E-state index < -0.39 is 0 Å². The van der Waals surface area contributed by atoms with Gasteiger partial charge >= 0.3 is 0 Å². The number of hydrogen-bond acceptors (Lipinski definition) is 3. The topological polar surface area (TPSA) is 53.1 Å². The summed E-state index contributed by atoms with van der Waals surface area (Å²) in [5, 5.41) is 4.20. The molecule has 0 fully saturated rings. The molecule has 0 radical (unpaired) electrons. The summed E-state index contributed by atoms with van der Waals surface area (Å²) in [5.74, 6) is 1.50. The standard InChI is InChI=1S/C12H15N3O/c1-9(15-12(13)6-7-14-15)10-4-3-5-11(8-10)16-2/h3-9H,13H2,1-2H3. The van der Waals surface area contributed by atoms with E-state index in [9.17, 15) is 0 Å². The van der Waals surface area contributed by atoms with Crippen molar-refractivity contribution in [1.82, 2.24) is 9.78 Å². The molecule has 0 aliphatic carbocycles. The van der Waals surface area contributed by atoms with Crippen LogP contribution in [0.4, 0.5) is 5.82 Å². The van der Waals surface area contributed by atoms with Gasteiger partial charge in [-0.15, -0.1) is 0 Å². The monoisotopic (exact) mass is 217 g/mol. The van der Waals surface area contributed by atoms with Gasteiger partial charge in [-0.1, -0.05) is 12.1 Å². The molecule has 84 valence electrons. The molecule has 4 heteroatoms. The van der Waals surface area contributed by atoms with Crippen LogP contribution in [0.1, 0.15) is 18.5 Å². The number of nitrogen functional groups attached to an aromatic ring is 1. The van der Waals surface area contributed by atoms with Crippen LogP contribution < -0.4 is 10.5 Å². The molecule has 0 aliphatic rings. The Kier molecular flexibility index (Phi) is 2.81. The number of ether oxygens (including phenoxy) is 1. The highest BCUT2D eigenvalue weighted by atomic mass is 16.5. The molecular weight excluding hydrogens is 202 g/mol. The fourth-order valence-corrected chi connectivity index (χ4v) is 1.69. The second-order valence-electron chi connectivity index (χ2n) is 3.65. The second kappa shape index (κ2) is 4.26. The minimum atomic E-state index is 0.102. The van der Waals surface area contributed by atoms with Gasteiger partial charge in [0.25, 0.3) is 0 Å². The fourth-order valence-electron chi connectivity index (χ4n) is 1.69. The predicted octanol–water partition coefficient (Wildman–Crippen LogP) is 2.08. The zero-order valence-corrected chi connectivity index (χ0v) is 9.42. The van der Waals surface area contributed by atoms with Crippen molar-refractivity contribution in [3.8, 4) is 5.75 Å². The predicted molar refractivity (Wildman–Crippen MR) is 63.4 cm³/mol. The number of rotatable bonds is 3. The molecule has 2 aromatic rings. The maximum atomic E-state index is 5.82. The molecule has 1 heterocycles. The lowest BCUT2D eigenvalue weighted by atomic mass is 10.1. The molecule has 4 nitrogen and oxygen atoms in total. The molecule has 2 N–H and O–H groups in total. The Morgan fingerprint density at radius 3 is 2.81 bits per heavy atom. The molecule has 0 bridgehead atoms. The number of methoxy groups -OCH3 is 1. The first kappa shape index (κ1) is 10.5. The van der Waals surface area contributed by atoms with Crippen molar-refractivity contribution >= 4 is 5.82 Å². The molecule has 0 amide bonds. The first-order valence-corrected chi connectivity index (χ1v) is 5.15. The van der Waals surface area contributed by atoms with Gasteiger partial charge < -0.3 is 10.5 Å². The Balaban J connectivity index is 2.33. The summed E-state index contributed by atoms with van der Waals surface area (Å²) in [4.78, 5) is 0. The third-order valence-electron chi connectivity index (χ3n) is 2.64. The molecule has 1 aromatic carbocycles. The first-order valence-electron chi connectivity index (χ1n) is 5.15. The number of aromatic nitrogens is 2. The van der Waals surface area contributed by atoms with Crippen molar-refractivity contribution in [2.24, 2.45) is 0 Å². The first-order chi connectivity index (χ1) is 7.72. The summed E-state index contributed by atoms with van der Waals surface area (Å²) in [5.41, 5.74) is 6.94. The van der Waals surface area contributed by atoms with Crippen molar-refractivity contribution in [1.29, 1.82) is 0 Å². The van der Waals surface area contributed by atoms with Crippen LogP contribution in [-0.4, -0.2) is 16.9 Å². The van der Waals surface area contributed by atoms with E-state index in [-0.39, 0.29) is 6.04 Å². The molecule has 0 spiro atoms. The van der Waals surface area contributed by atoms with Gasteiger partial charge in [0, 0.05) is 0 Å². The van der Waals surface area contributed by atoms with Crippen LogP contribution in [0.3, 0.4) is 0 Å². The smallest absolute Gasteiger partial charge is 0.122 e. The Bertz CT molecular complexity index is 479. The van der Waals surface area contributed by atoms with Gasteiger partial charge in [0.2, 0.25) is 0 Å². The normalized spacial score (nSPS) is 12.4. The van der Waals surface area contributed by atoms with Crippen LogP contribution in [0.5, 0.6) is 5.75 Å². The number of anilines is 1. The van der Waals surface area contributed by atoms with Gasteiger partial charge in [0.05, 0.1) is 19.3 Å². The van der Waals surface area contributed by atoms with Gasteiger partial charge in [-0.25, -0.2) is 4.68 Å². The van der Waals surface area contributed by atoms with E-state index in [1.54, 1.807) is 24.1 Å². The Labute approximate surface area is 94.6 Å². The van der Waals surface area contributed by atoms with Crippen molar-refractivity contribution in [2.75, 3.05) is 12.8 Å². The average molecular weight is 217 g/mol. The quantitative estimate of drug-likeness (QED) is 0.856. The van der Waals surface area contributed by atoms with Crippen LogP contribution in [0.25, 0.3) is 0 Å². The molecule has 1 atom stereocenters. The van der Waals surface area contributed by atoms with Crippen LogP contribution in [-0.2, 0) is 0 Å². The van der Waals surface area contributed by atoms with E-state index in [0.29, 0.717) is 5.82 Å².